The largest absolute Gasteiger partial charge is 0.322 e. The van der Waals surface area contributed by atoms with Crippen LogP contribution in [0.5, 0.6) is 0 Å². The van der Waals surface area contributed by atoms with Gasteiger partial charge in [-0.15, -0.1) is 12.4 Å². The van der Waals surface area contributed by atoms with E-state index in [0.29, 0.717) is 0 Å². The minimum atomic E-state index is -0.175. The molecule has 0 amide bonds. The van der Waals surface area contributed by atoms with Crippen LogP contribution in [0.15, 0.2) is 24.3 Å². The van der Waals surface area contributed by atoms with Crippen molar-refractivity contribution in [2.45, 2.75) is 96.9 Å². The third-order valence-corrected chi connectivity index (χ3v) is 4.81. The van der Waals surface area contributed by atoms with Gasteiger partial charge in [-0.25, -0.2) is 0 Å². The predicted molar refractivity (Wildman–Crippen MR) is 106 cm³/mol. The van der Waals surface area contributed by atoms with Gasteiger partial charge in [0.2, 0.25) is 0 Å². The molecule has 134 valence electrons. The lowest BCUT2D eigenvalue weighted by molar-refractivity contribution is 0.418. The van der Waals surface area contributed by atoms with Gasteiger partial charge in [0.05, 0.1) is 0 Å². The molecule has 1 aromatic rings. The molecule has 0 aliphatic carbocycles. The molecule has 0 aliphatic rings. The van der Waals surface area contributed by atoms with Crippen LogP contribution in [0.2, 0.25) is 0 Å². The van der Waals surface area contributed by atoms with E-state index in [1.54, 1.807) is 0 Å². The van der Waals surface area contributed by atoms with Crippen molar-refractivity contribution < 1.29 is 0 Å². The number of rotatable bonds is 12. The molecule has 2 heteroatoms. The van der Waals surface area contributed by atoms with Crippen LogP contribution in [0.3, 0.4) is 0 Å². The number of hydrogen-bond donors (Lipinski definition) is 1. The zero-order valence-electron chi connectivity index (χ0n) is 15.6. The summed E-state index contributed by atoms with van der Waals surface area (Å²) in [5, 5.41) is 0. The van der Waals surface area contributed by atoms with Crippen LogP contribution in [0.1, 0.15) is 95.6 Å². The summed E-state index contributed by atoms with van der Waals surface area (Å²) in [5.74, 6) is 0. The first-order valence-electron chi connectivity index (χ1n) is 9.43. The normalized spacial score (nSPS) is 13.4. The number of hydrogen-bond acceptors (Lipinski definition) is 1. The highest BCUT2D eigenvalue weighted by atomic mass is 35.5. The van der Waals surface area contributed by atoms with Crippen molar-refractivity contribution >= 4 is 12.4 Å². The van der Waals surface area contributed by atoms with Crippen LogP contribution in [-0.2, 0) is 5.54 Å². The maximum absolute atomic E-state index is 6.55. The third-order valence-electron chi connectivity index (χ3n) is 4.81. The summed E-state index contributed by atoms with van der Waals surface area (Å²) in [6, 6.07) is 8.55. The number of halogens is 1. The average Bonchev–Trinajstić information content (AvgIpc) is 2.49. The molecular weight excluding hydrogens is 302 g/mol. The Labute approximate surface area is 150 Å². The number of nitrogens with two attached hydrogens (primary N) is 1. The van der Waals surface area contributed by atoms with Crippen molar-refractivity contribution in [3.05, 3.63) is 35.4 Å². The molecule has 23 heavy (non-hydrogen) atoms. The van der Waals surface area contributed by atoms with E-state index in [0.717, 1.165) is 6.42 Å². The lowest BCUT2D eigenvalue weighted by Gasteiger charge is -2.27. The van der Waals surface area contributed by atoms with Crippen molar-refractivity contribution in [1.29, 1.82) is 0 Å². The highest BCUT2D eigenvalue weighted by Gasteiger charge is 2.21. The molecule has 1 unspecified atom stereocenters. The van der Waals surface area contributed by atoms with Gasteiger partial charge in [-0.05, 0) is 31.4 Å². The highest BCUT2D eigenvalue weighted by Crippen LogP contribution is 2.27. The zero-order chi connectivity index (χ0) is 16.3. The quantitative estimate of drug-likeness (QED) is 0.412. The Bertz CT molecular complexity index is 401. The molecule has 0 fully saturated rings. The Morgan fingerprint density at radius 2 is 1.30 bits per heavy atom. The summed E-state index contributed by atoms with van der Waals surface area (Å²) in [6.07, 6.45) is 14.9. The summed E-state index contributed by atoms with van der Waals surface area (Å²) in [4.78, 5) is 0. The number of aryl methyl sites for hydroxylation is 1. The Morgan fingerprint density at radius 1 is 0.826 bits per heavy atom. The Morgan fingerprint density at radius 3 is 1.83 bits per heavy atom. The molecule has 0 aromatic heterocycles. The molecular formula is C21H38ClN. The fourth-order valence-electron chi connectivity index (χ4n) is 3.33. The topological polar surface area (TPSA) is 26.0 Å². The minimum absolute atomic E-state index is 0. The summed E-state index contributed by atoms with van der Waals surface area (Å²) < 4.78 is 0. The summed E-state index contributed by atoms with van der Waals surface area (Å²) >= 11 is 0. The van der Waals surface area contributed by atoms with Gasteiger partial charge in [0, 0.05) is 5.54 Å². The van der Waals surface area contributed by atoms with Crippen LogP contribution in [0.4, 0.5) is 0 Å². The second-order valence-electron chi connectivity index (χ2n) is 7.16. The number of unbranched alkanes of at least 4 members (excludes halogenated alkanes) is 9. The van der Waals surface area contributed by atoms with Crippen LogP contribution < -0.4 is 5.73 Å². The lowest BCUT2D eigenvalue weighted by atomic mass is 9.85. The molecule has 0 saturated heterocycles. The summed E-state index contributed by atoms with van der Waals surface area (Å²) in [5.41, 5.74) is 9.00. The van der Waals surface area contributed by atoms with Crippen LogP contribution in [0.25, 0.3) is 0 Å². The van der Waals surface area contributed by atoms with E-state index in [4.69, 9.17) is 5.73 Å². The Balaban J connectivity index is 0.00000484. The van der Waals surface area contributed by atoms with Crippen molar-refractivity contribution in [3.8, 4) is 0 Å². The molecule has 0 radical (unpaired) electrons. The first-order chi connectivity index (χ1) is 10.6. The van der Waals surface area contributed by atoms with Gasteiger partial charge in [-0.2, -0.15) is 0 Å². The first kappa shape index (κ1) is 22.5. The Kier molecular flexibility index (Phi) is 12.5. The van der Waals surface area contributed by atoms with Gasteiger partial charge >= 0.3 is 0 Å². The van der Waals surface area contributed by atoms with E-state index >= 15 is 0 Å². The van der Waals surface area contributed by atoms with Gasteiger partial charge in [-0.1, -0.05) is 95.4 Å². The van der Waals surface area contributed by atoms with Gasteiger partial charge in [-0.3, -0.25) is 0 Å². The standard InChI is InChI=1S/C21H37N.ClH/c1-4-5-6-7-8-9-10-11-12-15-18-21(3,22)20-17-14-13-16-19(20)2;/h13-14,16-17H,4-12,15,18,22H2,1-3H3;1H. The van der Waals surface area contributed by atoms with Crippen LogP contribution in [-0.4, -0.2) is 0 Å². The summed E-state index contributed by atoms with van der Waals surface area (Å²) in [6.45, 7) is 6.63. The van der Waals surface area contributed by atoms with E-state index in [1.807, 2.05) is 0 Å². The van der Waals surface area contributed by atoms with Gasteiger partial charge < -0.3 is 5.73 Å². The molecule has 0 aliphatic heterocycles. The molecule has 2 N–H and O–H groups in total. The smallest absolute Gasteiger partial charge is 0.0383 e. The monoisotopic (exact) mass is 339 g/mol. The van der Waals surface area contributed by atoms with Crippen LogP contribution >= 0.6 is 12.4 Å². The van der Waals surface area contributed by atoms with Crippen molar-refractivity contribution in [2.24, 2.45) is 5.73 Å². The fraction of sp³-hybridized carbons (Fsp3) is 0.714. The molecule has 1 rings (SSSR count). The second-order valence-corrected chi connectivity index (χ2v) is 7.16. The van der Waals surface area contributed by atoms with Gasteiger partial charge in [0.15, 0.2) is 0 Å². The van der Waals surface area contributed by atoms with E-state index in [9.17, 15) is 0 Å². The van der Waals surface area contributed by atoms with E-state index in [1.165, 1.54) is 75.3 Å². The predicted octanol–water partition coefficient (Wildman–Crippen LogP) is 6.90. The van der Waals surface area contributed by atoms with Crippen LogP contribution in [0, 0.1) is 6.92 Å². The molecule has 1 aromatic carbocycles. The lowest BCUT2D eigenvalue weighted by Crippen LogP contribution is -2.33. The molecule has 0 spiro atoms. The van der Waals surface area contributed by atoms with Crippen molar-refractivity contribution in [2.75, 3.05) is 0 Å². The molecule has 0 bridgehead atoms. The minimum Gasteiger partial charge on any atom is -0.322 e. The second kappa shape index (κ2) is 12.8. The third kappa shape index (κ3) is 9.37. The number of benzene rings is 1. The Hall–Kier alpha value is -0.530. The SMILES string of the molecule is CCCCCCCCCCCCC(C)(N)c1ccccc1C.Cl. The molecule has 0 saturated carbocycles. The highest BCUT2D eigenvalue weighted by molar-refractivity contribution is 5.85. The van der Waals surface area contributed by atoms with Crippen molar-refractivity contribution in [3.63, 3.8) is 0 Å². The fourth-order valence-corrected chi connectivity index (χ4v) is 3.33. The first-order valence-corrected chi connectivity index (χ1v) is 9.43. The molecule has 1 nitrogen and oxygen atoms in total. The van der Waals surface area contributed by atoms with Gasteiger partial charge in [0.1, 0.15) is 0 Å². The van der Waals surface area contributed by atoms with E-state index < -0.39 is 0 Å². The maximum atomic E-state index is 6.55. The zero-order valence-corrected chi connectivity index (χ0v) is 16.4. The molecule has 1 atom stereocenters. The van der Waals surface area contributed by atoms with E-state index in [2.05, 4.69) is 45.0 Å². The van der Waals surface area contributed by atoms with E-state index in [-0.39, 0.29) is 17.9 Å². The van der Waals surface area contributed by atoms with Crippen molar-refractivity contribution in [1.82, 2.24) is 0 Å². The maximum Gasteiger partial charge on any atom is 0.0383 e. The van der Waals surface area contributed by atoms with Gasteiger partial charge in [0.25, 0.3) is 0 Å². The summed E-state index contributed by atoms with van der Waals surface area (Å²) in [7, 11) is 0. The molecule has 0 heterocycles. The average molecular weight is 340 g/mol.